The van der Waals surface area contributed by atoms with Crippen LogP contribution in [-0.2, 0) is 9.53 Å². The van der Waals surface area contributed by atoms with Gasteiger partial charge in [-0.15, -0.1) is 0 Å². The monoisotopic (exact) mass is 446 g/mol. The Morgan fingerprint density at radius 3 is 2.46 bits per heavy atom. The normalized spacial score (nSPS) is 17.5. The van der Waals surface area contributed by atoms with E-state index in [0.29, 0.717) is 28.3 Å². The van der Waals surface area contributed by atoms with Crippen molar-refractivity contribution < 1.29 is 23.8 Å². The molecule has 0 saturated heterocycles. The molecule has 1 aliphatic heterocycles. The number of nitrogens with zero attached hydrogens (tertiary/aromatic N) is 1. The van der Waals surface area contributed by atoms with Gasteiger partial charge in [0.05, 0.1) is 36.5 Å². The second-order valence-electron chi connectivity index (χ2n) is 5.17. The molecule has 1 aliphatic rings. The van der Waals surface area contributed by atoms with Gasteiger partial charge in [-0.1, -0.05) is 0 Å². The highest BCUT2D eigenvalue weighted by atomic mass is 127. The summed E-state index contributed by atoms with van der Waals surface area (Å²) in [5, 5.41) is 2.82. The van der Waals surface area contributed by atoms with Gasteiger partial charge in [0.2, 0.25) is 0 Å². The minimum atomic E-state index is -0.630. The van der Waals surface area contributed by atoms with Crippen molar-refractivity contribution in [2.24, 2.45) is 0 Å². The van der Waals surface area contributed by atoms with E-state index in [1.165, 1.54) is 19.1 Å². The molecule has 1 aromatic rings. The Hall–Kier alpha value is -1.97. The lowest BCUT2D eigenvalue weighted by molar-refractivity contribution is -0.136. The van der Waals surface area contributed by atoms with E-state index in [2.05, 4.69) is 27.9 Å². The lowest BCUT2D eigenvalue weighted by atomic mass is 9.94. The molecule has 0 aromatic heterocycles. The number of carbonyl (C=O) groups excluding carboxylic acids is 2. The molecule has 0 unspecified atom stereocenters. The van der Waals surface area contributed by atoms with E-state index >= 15 is 0 Å². The van der Waals surface area contributed by atoms with Crippen molar-refractivity contribution in [2.45, 2.75) is 13.0 Å². The molecule has 0 spiro atoms. The zero-order valence-corrected chi connectivity index (χ0v) is 16.3. The molecular weight excluding hydrogens is 427 g/mol. The standard InChI is InChI=1S/C16H19IN2O5/c1-8-12(15(20)24-5)13(18-16(21)19(8)2)9-6-10(17)14(23-4)11(7-9)22-3/h6-7,13H,1-5H3,(H,18,21)/t13-/m0/s1. The fraction of sp³-hybridized carbons (Fsp3) is 0.375. The number of amides is 2. The van der Waals surface area contributed by atoms with Crippen LogP contribution >= 0.6 is 22.6 Å². The Balaban J connectivity index is 2.63. The van der Waals surface area contributed by atoms with Crippen LogP contribution in [0.15, 0.2) is 23.4 Å². The molecule has 2 rings (SSSR count). The summed E-state index contributed by atoms with van der Waals surface area (Å²) < 4.78 is 16.4. The maximum Gasteiger partial charge on any atom is 0.337 e. The highest BCUT2D eigenvalue weighted by Crippen LogP contribution is 2.38. The van der Waals surface area contributed by atoms with E-state index < -0.39 is 12.0 Å². The molecule has 1 heterocycles. The minimum absolute atomic E-state index is 0.296. The third kappa shape index (κ3) is 3.14. The number of benzene rings is 1. The number of esters is 1. The topological polar surface area (TPSA) is 77.1 Å². The number of ether oxygens (including phenoxy) is 3. The number of hydrogen-bond acceptors (Lipinski definition) is 5. The first-order chi connectivity index (χ1) is 11.3. The summed E-state index contributed by atoms with van der Waals surface area (Å²) in [6, 6.07) is 2.66. The smallest absolute Gasteiger partial charge is 0.337 e. The summed E-state index contributed by atoms with van der Waals surface area (Å²) in [6.45, 7) is 1.71. The van der Waals surface area contributed by atoms with Crippen molar-refractivity contribution in [2.75, 3.05) is 28.4 Å². The van der Waals surface area contributed by atoms with Gasteiger partial charge in [-0.25, -0.2) is 9.59 Å². The third-order valence-electron chi connectivity index (χ3n) is 3.95. The Morgan fingerprint density at radius 2 is 1.92 bits per heavy atom. The average Bonchev–Trinajstić information content (AvgIpc) is 2.57. The van der Waals surface area contributed by atoms with Gasteiger partial charge >= 0.3 is 12.0 Å². The van der Waals surface area contributed by atoms with Crippen LogP contribution in [0.1, 0.15) is 18.5 Å². The molecule has 1 atom stereocenters. The predicted octanol–water partition coefficient (Wildman–Crippen LogP) is 2.45. The summed E-state index contributed by atoms with van der Waals surface area (Å²) in [5.41, 5.74) is 1.63. The summed E-state index contributed by atoms with van der Waals surface area (Å²) >= 11 is 2.12. The molecule has 0 fully saturated rings. The second-order valence-corrected chi connectivity index (χ2v) is 6.33. The predicted molar refractivity (Wildman–Crippen MR) is 96.0 cm³/mol. The molecule has 2 amide bonds. The number of allylic oxidation sites excluding steroid dienone is 1. The molecule has 8 heteroatoms. The van der Waals surface area contributed by atoms with Crippen molar-refractivity contribution >= 4 is 34.6 Å². The van der Waals surface area contributed by atoms with Gasteiger partial charge in [0.25, 0.3) is 0 Å². The number of hydrogen-bond donors (Lipinski definition) is 1. The molecule has 1 aromatic carbocycles. The number of nitrogens with one attached hydrogen (secondary N) is 1. The first-order valence-electron chi connectivity index (χ1n) is 7.10. The Morgan fingerprint density at radius 1 is 1.25 bits per heavy atom. The Labute approximate surface area is 154 Å². The molecule has 0 saturated carbocycles. The van der Waals surface area contributed by atoms with Crippen LogP contribution in [0.5, 0.6) is 11.5 Å². The van der Waals surface area contributed by atoms with E-state index in [0.717, 1.165) is 3.57 Å². The molecule has 0 aliphatic carbocycles. The fourth-order valence-electron chi connectivity index (χ4n) is 2.56. The van der Waals surface area contributed by atoms with E-state index in [4.69, 9.17) is 14.2 Å². The van der Waals surface area contributed by atoms with Gasteiger partial charge in [-0.3, -0.25) is 0 Å². The van der Waals surface area contributed by atoms with Crippen LogP contribution in [0.4, 0.5) is 4.79 Å². The van der Waals surface area contributed by atoms with Crippen LogP contribution < -0.4 is 14.8 Å². The first kappa shape index (κ1) is 18.4. The fourth-order valence-corrected chi connectivity index (χ4v) is 3.41. The van der Waals surface area contributed by atoms with Crippen molar-refractivity contribution in [3.63, 3.8) is 0 Å². The SMILES string of the molecule is COC(=O)C1=C(C)N(C)C(=O)N[C@H]1c1cc(I)c(OC)c(OC)c1. The summed E-state index contributed by atoms with van der Waals surface area (Å²) in [7, 11) is 6.00. The highest BCUT2D eigenvalue weighted by Gasteiger charge is 2.35. The second kappa shape index (κ2) is 7.29. The Bertz CT molecular complexity index is 717. The summed E-state index contributed by atoms with van der Waals surface area (Å²) in [6.07, 6.45) is 0. The molecule has 7 nitrogen and oxygen atoms in total. The van der Waals surface area contributed by atoms with Crippen molar-refractivity contribution in [3.05, 3.63) is 32.5 Å². The lowest BCUT2D eigenvalue weighted by Crippen LogP contribution is -2.46. The largest absolute Gasteiger partial charge is 0.493 e. The van der Waals surface area contributed by atoms with Crippen molar-refractivity contribution in [3.8, 4) is 11.5 Å². The van der Waals surface area contributed by atoms with Crippen LogP contribution in [0, 0.1) is 3.57 Å². The number of halogens is 1. The van der Waals surface area contributed by atoms with Gasteiger partial charge < -0.3 is 24.4 Å². The van der Waals surface area contributed by atoms with Gasteiger partial charge in [0.15, 0.2) is 11.5 Å². The molecular formula is C16H19IN2O5. The highest BCUT2D eigenvalue weighted by molar-refractivity contribution is 14.1. The number of rotatable bonds is 4. The van der Waals surface area contributed by atoms with Crippen molar-refractivity contribution in [1.82, 2.24) is 10.2 Å². The third-order valence-corrected chi connectivity index (χ3v) is 4.75. The number of urea groups is 1. The zero-order valence-electron chi connectivity index (χ0n) is 14.1. The van der Waals surface area contributed by atoms with Gasteiger partial charge in [-0.2, -0.15) is 0 Å². The van der Waals surface area contributed by atoms with E-state index in [1.54, 1.807) is 27.1 Å². The van der Waals surface area contributed by atoms with Crippen LogP contribution in [-0.4, -0.2) is 45.3 Å². The van der Waals surface area contributed by atoms with Gasteiger partial charge in [0, 0.05) is 12.7 Å². The van der Waals surface area contributed by atoms with Gasteiger partial charge in [-0.05, 0) is 47.2 Å². The zero-order chi connectivity index (χ0) is 18.0. The van der Waals surface area contributed by atoms with Crippen LogP contribution in [0.25, 0.3) is 0 Å². The quantitative estimate of drug-likeness (QED) is 0.568. The number of methoxy groups -OCH3 is 3. The molecule has 0 bridgehead atoms. The van der Waals surface area contributed by atoms with Gasteiger partial charge in [0.1, 0.15) is 0 Å². The average molecular weight is 446 g/mol. The van der Waals surface area contributed by atoms with Crippen LogP contribution in [0.2, 0.25) is 0 Å². The van der Waals surface area contributed by atoms with E-state index in [9.17, 15) is 9.59 Å². The summed E-state index contributed by atoms with van der Waals surface area (Å²) in [5.74, 6) is 0.630. The molecule has 130 valence electrons. The Kier molecular flexibility index (Phi) is 5.58. The molecule has 1 N–H and O–H groups in total. The lowest BCUT2D eigenvalue weighted by Gasteiger charge is -2.33. The van der Waals surface area contributed by atoms with E-state index in [1.807, 2.05) is 6.07 Å². The maximum atomic E-state index is 12.3. The first-order valence-corrected chi connectivity index (χ1v) is 8.18. The number of carbonyl (C=O) groups is 2. The maximum absolute atomic E-state index is 12.3. The van der Waals surface area contributed by atoms with Crippen LogP contribution in [0.3, 0.4) is 0 Å². The molecule has 0 radical (unpaired) electrons. The summed E-state index contributed by atoms with van der Waals surface area (Å²) in [4.78, 5) is 25.8. The minimum Gasteiger partial charge on any atom is -0.493 e. The van der Waals surface area contributed by atoms with E-state index in [-0.39, 0.29) is 6.03 Å². The molecule has 24 heavy (non-hydrogen) atoms. The van der Waals surface area contributed by atoms with Crippen molar-refractivity contribution in [1.29, 1.82) is 0 Å².